The summed E-state index contributed by atoms with van der Waals surface area (Å²) in [6.07, 6.45) is 6.26. The highest BCUT2D eigenvalue weighted by molar-refractivity contribution is 5.83. The molecule has 0 bridgehead atoms. The molecule has 0 aliphatic heterocycles. The molecular weight excluding hydrogens is 266 g/mol. The Morgan fingerprint density at radius 3 is 2.64 bits per heavy atom. The zero-order valence-corrected chi connectivity index (χ0v) is 13.9. The summed E-state index contributed by atoms with van der Waals surface area (Å²) in [6.45, 7) is 10.2. The number of allylic oxidation sites excluding steroid dienone is 2. The van der Waals surface area contributed by atoms with Gasteiger partial charge in [0.2, 0.25) is 0 Å². The molecule has 3 aliphatic carbocycles. The molecule has 1 aromatic rings. The molecule has 22 heavy (non-hydrogen) atoms. The summed E-state index contributed by atoms with van der Waals surface area (Å²) in [5, 5.41) is 3.85. The van der Waals surface area contributed by atoms with Crippen LogP contribution >= 0.6 is 0 Å². The molecule has 0 spiro atoms. The molecule has 0 amide bonds. The second-order valence-electron chi connectivity index (χ2n) is 7.42. The molecule has 2 atom stereocenters. The van der Waals surface area contributed by atoms with Gasteiger partial charge in [-0.3, -0.25) is 0 Å². The van der Waals surface area contributed by atoms with Crippen molar-refractivity contribution >= 4 is 5.57 Å². The van der Waals surface area contributed by atoms with Gasteiger partial charge in [-0.2, -0.15) is 0 Å². The molecule has 1 saturated carbocycles. The summed E-state index contributed by atoms with van der Waals surface area (Å²) < 4.78 is 0. The van der Waals surface area contributed by atoms with Gasteiger partial charge < -0.3 is 5.32 Å². The van der Waals surface area contributed by atoms with Crippen molar-refractivity contribution in [3.05, 3.63) is 52.6 Å². The van der Waals surface area contributed by atoms with Crippen molar-refractivity contribution in [3.63, 3.8) is 0 Å². The lowest BCUT2D eigenvalue weighted by Crippen LogP contribution is -2.36. The molecular formula is C21H27N. The van der Waals surface area contributed by atoms with Gasteiger partial charge in [0.15, 0.2) is 0 Å². The molecule has 0 radical (unpaired) electrons. The maximum atomic E-state index is 4.38. The highest BCUT2D eigenvalue weighted by Gasteiger charge is 2.36. The first-order valence-electron chi connectivity index (χ1n) is 8.91. The van der Waals surface area contributed by atoms with Crippen LogP contribution in [0.3, 0.4) is 0 Å². The van der Waals surface area contributed by atoms with Crippen LogP contribution in [0.1, 0.15) is 49.8 Å². The van der Waals surface area contributed by atoms with Crippen molar-refractivity contribution in [1.29, 1.82) is 0 Å². The Balaban J connectivity index is 1.72. The molecule has 0 heterocycles. The molecule has 1 aromatic carbocycles. The molecule has 1 N–H and O–H groups in total. The van der Waals surface area contributed by atoms with Crippen LogP contribution in [0.25, 0.3) is 5.57 Å². The van der Waals surface area contributed by atoms with Gasteiger partial charge >= 0.3 is 0 Å². The third-order valence-electron chi connectivity index (χ3n) is 5.95. The number of nitrogens with one attached hydrogen (secondary N) is 1. The minimum absolute atomic E-state index is 0.531. The average Bonchev–Trinajstić information content (AvgIpc) is 3.27. The van der Waals surface area contributed by atoms with Crippen LogP contribution < -0.4 is 5.32 Å². The molecule has 1 nitrogen and oxygen atoms in total. The largest absolute Gasteiger partial charge is 0.310 e. The van der Waals surface area contributed by atoms with E-state index in [4.69, 9.17) is 0 Å². The Kier molecular flexibility index (Phi) is 3.49. The van der Waals surface area contributed by atoms with Gasteiger partial charge in [-0.1, -0.05) is 42.8 Å². The molecule has 0 aromatic heterocycles. The number of hydrogen-bond acceptors (Lipinski definition) is 1. The van der Waals surface area contributed by atoms with Gasteiger partial charge in [0.05, 0.1) is 0 Å². The van der Waals surface area contributed by atoms with Gasteiger partial charge in [0.1, 0.15) is 0 Å². The second kappa shape index (κ2) is 5.38. The highest BCUT2D eigenvalue weighted by atomic mass is 14.9. The lowest BCUT2D eigenvalue weighted by molar-refractivity contribution is 0.537. The van der Waals surface area contributed by atoms with Crippen LogP contribution in [0, 0.1) is 11.8 Å². The van der Waals surface area contributed by atoms with Crippen molar-refractivity contribution in [2.75, 3.05) is 6.54 Å². The van der Waals surface area contributed by atoms with Crippen molar-refractivity contribution in [3.8, 4) is 0 Å². The summed E-state index contributed by atoms with van der Waals surface area (Å²) in [7, 11) is 0. The van der Waals surface area contributed by atoms with Crippen LogP contribution in [0.5, 0.6) is 0 Å². The summed E-state index contributed by atoms with van der Waals surface area (Å²) >= 11 is 0. The Hall–Kier alpha value is -1.34. The summed E-state index contributed by atoms with van der Waals surface area (Å²) in [4.78, 5) is 0. The average molecular weight is 293 g/mol. The molecule has 2 unspecified atom stereocenters. The lowest BCUT2D eigenvalue weighted by atomic mass is 9.79. The number of benzene rings is 1. The second-order valence-corrected chi connectivity index (χ2v) is 7.42. The standard InChI is InChI=1S/C21H27N/c1-4-13(2)18-10-16-6-5-7-17-11-19(22-12-15-8-9-15)14(3)20(18)21(16)17/h5-7,15,18-19,22H,2,4,8-12H2,1,3H3. The van der Waals surface area contributed by atoms with Crippen LogP contribution in [-0.4, -0.2) is 12.6 Å². The minimum atomic E-state index is 0.531. The van der Waals surface area contributed by atoms with Gasteiger partial charge in [-0.15, -0.1) is 0 Å². The van der Waals surface area contributed by atoms with Crippen LogP contribution in [0.15, 0.2) is 35.9 Å². The molecule has 1 heteroatoms. The third kappa shape index (κ3) is 2.27. The first kappa shape index (κ1) is 14.3. The van der Waals surface area contributed by atoms with E-state index in [9.17, 15) is 0 Å². The first-order chi connectivity index (χ1) is 10.7. The van der Waals surface area contributed by atoms with E-state index in [0.717, 1.165) is 25.2 Å². The fraction of sp³-hybridized carbons (Fsp3) is 0.524. The maximum absolute atomic E-state index is 4.38. The smallest absolute Gasteiger partial charge is 0.0323 e. The summed E-state index contributed by atoms with van der Waals surface area (Å²) in [5.41, 5.74) is 9.27. The SMILES string of the molecule is C=C(CC)C1Cc2cccc3c2C1=C(C)C(NCC1CC1)C3. The minimum Gasteiger partial charge on any atom is -0.310 e. The Bertz CT molecular complexity index is 648. The van der Waals surface area contributed by atoms with Crippen LogP contribution in [0.4, 0.5) is 0 Å². The first-order valence-corrected chi connectivity index (χ1v) is 8.91. The monoisotopic (exact) mass is 293 g/mol. The van der Waals surface area contributed by atoms with Crippen molar-refractivity contribution in [1.82, 2.24) is 5.32 Å². The Morgan fingerprint density at radius 1 is 1.23 bits per heavy atom. The Morgan fingerprint density at radius 2 is 1.95 bits per heavy atom. The number of rotatable bonds is 5. The van der Waals surface area contributed by atoms with Crippen molar-refractivity contribution < 1.29 is 0 Å². The van der Waals surface area contributed by atoms with Crippen LogP contribution in [0.2, 0.25) is 0 Å². The fourth-order valence-corrected chi connectivity index (χ4v) is 4.32. The Labute approximate surface area is 134 Å². The normalized spacial score (nSPS) is 26.3. The van der Waals surface area contributed by atoms with E-state index < -0.39 is 0 Å². The molecule has 4 rings (SSSR count). The van der Waals surface area contributed by atoms with Crippen molar-refractivity contribution in [2.24, 2.45) is 11.8 Å². The van der Waals surface area contributed by atoms with Gasteiger partial charge in [-0.25, -0.2) is 0 Å². The topological polar surface area (TPSA) is 12.0 Å². The zero-order chi connectivity index (χ0) is 15.3. The van der Waals surface area contributed by atoms with E-state index in [1.807, 2.05) is 0 Å². The fourth-order valence-electron chi connectivity index (χ4n) is 4.32. The van der Waals surface area contributed by atoms with E-state index >= 15 is 0 Å². The van der Waals surface area contributed by atoms with E-state index in [-0.39, 0.29) is 0 Å². The zero-order valence-electron chi connectivity index (χ0n) is 13.9. The van der Waals surface area contributed by atoms with E-state index in [0.29, 0.717) is 12.0 Å². The molecule has 116 valence electrons. The maximum Gasteiger partial charge on any atom is 0.0323 e. The summed E-state index contributed by atoms with van der Waals surface area (Å²) in [5.74, 6) is 1.49. The predicted octanol–water partition coefficient (Wildman–Crippen LogP) is 4.52. The van der Waals surface area contributed by atoms with E-state index in [1.54, 1.807) is 27.8 Å². The van der Waals surface area contributed by atoms with Crippen LogP contribution in [-0.2, 0) is 12.8 Å². The van der Waals surface area contributed by atoms with Gasteiger partial charge in [0.25, 0.3) is 0 Å². The van der Waals surface area contributed by atoms with E-state index in [1.165, 1.54) is 25.0 Å². The molecule has 0 saturated heterocycles. The van der Waals surface area contributed by atoms with Gasteiger partial charge in [0, 0.05) is 12.0 Å². The molecule has 1 fully saturated rings. The summed E-state index contributed by atoms with van der Waals surface area (Å²) in [6, 6.07) is 7.45. The third-order valence-corrected chi connectivity index (χ3v) is 5.95. The van der Waals surface area contributed by atoms with Crippen molar-refractivity contribution in [2.45, 2.75) is 52.0 Å². The quantitative estimate of drug-likeness (QED) is 0.787. The van der Waals surface area contributed by atoms with Gasteiger partial charge in [-0.05, 0) is 73.8 Å². The highest BCUT2D eigenvalue weighted by Crippen LogP contribution is 2.48. The van der Waals surface area contributed by atoms with E-state index in [2.05, 4.69) is 43.9 Å². The molecule has 3 aliphatic rings. The lowest BCUT2D eigenvalue weighted by Gasteiger charge is -2.30. The predicted molar refractivity (Wildman–Crippen MR) is 93.9 cm³/mol. The number of hydrogen-bond donors (Lipinski definition) is 1.